The summed E-state index contributed by atoms with van der Waals surface area (Å²) in [5.74, 6) is 1.67. The molecule has 0 unspecified atom stereocenters. The summed E-state index contributed by atoms with van der Waals surface area (Å²) in [5, 5.41) is 3.30. The van der Waals surface area contributed by atoms with Gasteiger partial charge in [-0.25, -0.2) is 9.97 Å². The summed E-state index contributed by atoms with van der Waals surface area (Å²) in [5.41, 5.74) is 1.18. The number of imidazole rings is 1. The normalized spacial score (nSPS) is 10.9. The first kappa shape index (κ1) is 11.9. The van der Waals surface area contributed by atoms with E-state index in [4.69, 9.17) is 4.42 Å². The van der Waals surface area contributed by atoms with Crippen LogP contribution in [0.4, 0.5) is 0 Å². The lowest BCUT2D eigenvalue weighted by atomic mass is 10.4. The van der Waals surface area contributed by atoms with E-state index in [9.17, 15) is 0 Å². The zero-order chi connectivity index (χ0) is 12.1. The van der Waals surface area contributed by atoms with Crippen molar-refractivity contribution in [2.75, 3.05) is 0 Å². The second kappa shape index (κ2) is 5.63. The van der Waals surface area contributed by atoms with Crippen LogP contribution in [0.25, 0.3) is 0 Å². The zero-order valence-corrected chi connectivity index (χ0v) is 10.3. The van der Waals surface area contributed by atoms with Gasteiger partial charge in [0, 0.05) is 25.7 Å². The maximum absolute atomic E-state index is 5.51. The number of aromatic nitrogens is 3. The predicted octanol–water partition coefficient (Wildman–Crippen LogP) is 1.74. The van der Waals surface area contributed by atoms with Crippen LogP contribution in [0, 0.1) is 0 Å². The van der Waals surface area contributed by atoms with E-state index in [-0.39, 0.29) is 0 Å². The number of aryl methyl sites for hydroxylation is 2. The first-order valence-corrected chi connectivity index (χ1v) is 5.96. The van der Waals surface area contributed by atoms with Crippen LogP contribution in [-0.2, 0) is 26.1 Å². The highest BCUT2D eigenvalue weighted by Crippen LogP contribution is 2.04. The van der Waals surface area contributed by atoms with Crippen LogP contribution in [0.5, 0.6) is 0 Å². The zero-order valence-electron chi connectivity index (χ0n) is 10.3. The Kier molecular flexibility index (Phi) is 3.93. The molecule has 0 atom stereocenters. The second-order valence-corrected chi connectivity index (χ2v) is 3.85. The fourth-order valence-corrected chi connectivity index (χ4v) is 1.67. The molecular formula is C12H18N4O. The fraction of sp³-hybridized carbons (Fsp3) is 0.500. The predicted molar refractivity (Wildman–Crippen MR) is 64.3 cm³/mol. The molecule has 2 aromatic rings. The van der Waals surface area contributed by atoms with Crippen LogP contribution < -0.4 is 5.32 Å². The summed E-state index contributed by atoms with van der Waals surface area (Å²) in [6.07, 6.45) is 6.39. The van der Waals surface area contributed by atoms with Gasteiger partial charge < -0.3 is 14.3 Å². The van der Waals surface area contributed by atoms with Gasteiger partial charge in [-0.05, 0) is 6.92 Å². The van der Waals surface area contributed by atoms with E-state index in [2.05, 4.69) is 33.7 Å². The van der Waals surface area contributed by atoms with E-state index < -0.39 is 0 Å². The maximum Gasteiger partial charge on any atom is 0.208 e. The molecule has 0 fully saturated rings. The monoisotopic (exact) mass is 234 g/mol. The Balaban J connectivity index is 1.83. The molecule has 2 rings (SSSR count). The van der Waals surface area contributed by atoms with E-state index in [1.54, 1.807) is 6.20 Å². The minimum atomic E-state index is 0.648. The average Bonchev–Trinajstić information content (AvgIpc) is 2.97. The molecular weight excluding hydrogens is 216 g/mol. The van der Waals surface area contributed by atoms with Crippen molar-refractivity contribution in [2.24, 2.45) is 0 Å². The number of nitrogens with zero attached hydrogens (tertiary/aromatic N) is 3. The van der Waals surface area contributed by atoms with Crippen LogP contribution >= 0.6 is 0 Å². The van der Waals surface area contributed by atoms with Crippen molar-refractivity contribution < 1.29 is 4.42 Å². The highest BCUT2D eigenvalue weighted by Gasteiger charge is 2.03. The molecule has 0 saturated carbocycles. The molecule has 0 aliphatic carbocycles. The minimum Gasteiger partial charge on any atom is -0.444 e. The quantitative estimate of drug-likeness (QED) is 0.827. The molecule has 1 N–H and O–H groups in total. The van der Waals surface area contributed by atoms with Crippen molar-refractivity contribution in [1.29, 1.82) is 0 Å². The summed E-state index contributed by atoms with van der Waals surface area (Å²) in [6.45, 7) is 6.52. The molecule has 0 bridgehead atoms. The lowest BCUT2D eigenvalue weighted by molar-refractivity contribution is 0.437. The van der Waals surface area contributed by atoms with Crippen LogP contribution in [0.3, 0.4) is 0 Å². The molecule has 5 heteroatoms. The van der Waals surface area contributed by atoms with Gasteiger partial charge in [-0.1, -0.05) is 6.92 Å². The van der Waals surface area contributed by atoms with Gasteiger partial charge in [-0.2, -0.15) is 0 Å². The van der Waals surface area contributed by atoms with Gasteiger partial charge in [-0.3, -0.25) is 0 Å². The number of oxazole rings is 1. The molecule has 17 heavy (non-hydrogen) atoms. The molecule has 0 aliphatic heterocycles. The largest absolute Gasteiger partial charge is 0.444 e. The van der Waals surface area contributed by atoms with Crippen molar-refractivity contribution in [1.82, 2.24) is 19.9 Å². The number of nitrogens with one attached hydrogen (secondary N) is 1. The van der Waals surface area contributed by atoms with Gasteiger partial charge in [-0.15, -0.1) is 0 Å². The summed E-state index contributed by atoms with van der Waals surface area (Å²) in [7, 11) is 0. The number of rotatable bonds is 6. The van der Waals surface area contributed by atoms with Gasteiger partial charge in [0.05, 0.1) is 24.8 Å². The Morgan fingerprint density at radius 3 is 2.88 bits per heavy atom. The van der Waals surface area contributed by atoms with Crippen molar-refractivity contribution >= 4 is 0 Å². The molecule has 0 aromatic carbocycles. The Hall–Kier alpha value is -1.62. The van der Waals surface area contributed by atoms with Gasteiger partial charge in [0.1, 0.15) is 5.76 Å². The molecule has 0 saturated heterocycles. The summed E-state index contributed by atoms with van der Waals surface area (Å²) >= 11 is 0. The third-order valence-corrected chi connectivity index (χ3v) is 2.67. The van der Waals surface area contributed by atoms with Gasteiger partial charge in [0.25, 0.3) is 0 Å². The van der Waals surface area contributed by atoms with E-state index in [1.807, 2.05) is 12.5 Å². The van der Waals surface area contributed by atoms with Crippen molar-refractivity contribution in [2.45, 2.75) is 39.9 Å². The molecule has 0 spiro atoms. The molecule has 0 aliphatic rings. The van der Waals surface area contributed by atoms with E-state index in [1.165, 1.54) is 5.69 Å². The third kappa shape index (κ3) is 2.94. The Bertz CT molecular complexity index is 461. The lowest BCUT2D eigenvalue weighted by Crippen LogP contribution is -2.15. The molecule has 0 radical (unpaired) electrons. The fourth-order valence-electron chi connectivity index (χ4n) is 1.67. The van der Waals surface area contributed by atoms with E-state index >= 15 is 0 Å². The lowest BCUT2D eigenvalue weighted by Gasteiger charge is -2.05. The van der Waals surface area contributed by atoms with Gasteiger partial charge in [0.2, 0.25) is 5.89 Å². The van der Waals surface area contributed by atoms with Gasteiger partial charge >= 0.3 is 0 Å². The van der Waals surface area contributed by atoms with Crippen molar-refractivity contribution in [3.63, 3.8) is 0 Å². The topological polar surface area (TPSA) is 55.9 Å². The molecule has 2 aromatic heterocycles. The molecule has 92 valence electrons. The summed E-state index contributed by atoms with van der Waals surface area (Å²) < 4.78 is 7.62. The first-order valence-electron chi connectivity index (χ1n) is 5.96. The number of hydrogen-bond acceptors (Lipinski definition) is 4. The minimum absolute atomic E-state index is 0.648. The summed E-state index contributed by atoms with van der Waals surface area (Å²) in [4.78, 5) is 8.32. The van der Waals surface area contributed by atoms with Crippen LogP contribution in [0.2, 0.25) is 0 Å². The Morgan fingerprint density at radius 1 is 1.29 bits per heavy atom. The van der Waals surface area contributed by atoms with Crippen LogP contribution in [0.15, 0.2) is 23.1 Å². The molecule has 0 amide bonds. The first-order chi connectivity index (χ1) is 8.33. The Labute approximate surface area is 101 Å². The third-order valence-electron chi connectivity index (χ3n) is 2.67. The smallest absolute Gasteiger partial charge is 0.208 e. The van der Waals surface area contributed by atoms with E-state index in [0.717, 1.165) is 31.2 Å². The van der Waals surface area contributed by atoms with Crippen LogP contribution in [0.1, 0.15) is 31.2 Å². The van der Waals surface area contributed by atoms with Crippen molar-refractivity contribution in [3.05, 3.63) is 36.1 Å². The van der Waals surface area contributed by atoms with Gasteiger partial charge in [0.15, 0.2) is 0 Å². The molecule has 2 heterocycles. The second-order valence-electron chi connectivity index (χ2n) is 3.85. The average molecular weight is 234 g/mol. The van der Waals surface area contributed by atoms with E-state index in [0.29, 0.717) is 6.54 Å². The highest BCUT2D eigenvalue weighted by molar-refractivity contribution is 4.98. The Morgan fingerprint density at radius 2 is 2.18 bits per heavy atom. The standard InChI is InChI=1S/C12H18N4O/c1-3-11-7-15-12(17-11)8-13-5-10-6-14-9-16(10)4-2/h6-7,9,13H,3-5,8H2,1-2H3. The summed E-state index contributed by atoms with van der Waals surface area (Å²) in [6, 6.07) is 0. The van der Waals surface area contributed by atoms with Crippen LogP contribution in [-0.4, -0.2) is 14.5 Å². The SMILES string of the molecule is CCc1cnc(CNCc2cncn2CC)o1. The highest BCUT2D eigenvalue weighted by atomic mass is 16.4. The molecule has 5 nitrogen and oxygen atoms in total. The maximum atomic E-state index is 5.51. The van der Waals surface area contributed by atoms with Crippen molar-refractivity contribution in [3.8, 4) is 0 Å². The number of hydrogen-bond donors (Lipinski definition) is 1.